The molecule has 0 aromatic rings. The molecule has 1 unspecified atom stereocenters. The highest BCUT2D eigenvalue weighted by Gasteiger charge is 2.42. The summed E-state index contributed by atoms with van der Waals surface area (Å²) in [5, 5.41) is 3.47. The van der Waals surface area contributed by atoms with Gasteiger partial charge in [0, 0.05) is 12.1 Å². The van der Waals surface area contributed by atoms with Crippen LogP contribution >= 0.6 is 0 Å². The minimum atomic E-state index is 0.702. The zero-order valence-corrected chi connectivity index (χ0v) is 7.01. The topological polar surface area (TPSA) is 21.9 Å². The monoisotopic (exact) mass is 149 g/mol. The van der Waals surface area contributed by atoms with E-state index in [0.717, 1.165) is 12.0 Å². The first-order valence-electron chi connectivity index (χ1n) is 4.35. The highest BCUT2D eigenvalue weighted by Crippen LogP contribution is 2.34. The molecule has 1 saturated heterocycles. The molecule has 1 heteroatoms. The van der Waals surface area contributed by atoms with Crippen LogP contribution in [0.2, 0.25) is 0 Å². The van der Waals surface area contributed by atoms with E-state index < -0.39 is 0 Å². The van der Waals surface area contributed by atoms with Gasteiger partial charge in [-0.1, -0.05) is 17.7 Å². The lowest BCUT2D eigenvalue weighted by molar-refractivity contribution is 0.501. The number of fused-ring (bicyclic) bond motifs is 1. The Morgan fingerprint density at radius 1 is 1.82 bits per heavy atom. The average Bonchev–Trinajstić information content (AvgIpc) is 2.66. The van der Waals surface area contributed by atoms with Gasteiger partial charge in [-0.25, -0.2) is 0 Å². The van der Waals surface area contributed by atoms with Crippen LogP contribution in [-0.2, 0) is 0 Å². The van der Waals surface area contributed by atoms with Crippen molar-refractivity contribution in [3.63, 3.8) is 0 Å². The lowest BCUT2D eigenvalue weighted by atomic mass is 9.87. The van der Waals surface area contributed by atoms with E-state index in [1.54, 1.807) is 5.57 Å². The van der Waals surface area contributed by atoms with Crippen LogP contribution in [0.3, 0.4) is 0 Å². The number of hydrogen-bond donors (Lipinski definition) is 1. The van der Waals surface area contributed by atoms with Crippen LogP contribution in [0.4, 0.5) is 0 Å². The van der Waals surface area contributed by atoms with Crippen molar-refractivity contribution in [1.82, 2.24) is 5.32 Å². The molecule has 2 rings (SSSR count). The fourth-order valence-corrected chi connectivity index (χ4v) is 2.11. The van der Waals surface area contributed by atoms with E-state index in [9.17, 15) is 0 Å². The second kappa shape index (κ2) is 2.49. The number of hydrogen-bond acceptors (Lipinski definition) is 1. The molecule has 1 aliphatic heterocycles. The summed E-state index contributed by atoms with van der Waals surface area (Å²) in [4.78, 5) is 0. The highest BCUT2D eigenvalue weighted by molar-refractivity contribution is 5.24. The van der Waals surface area contributed by atoms with Gasteiger partial charge in [0.1, 0.15) is 0 Å². The average molecular weight is 149 g/mol. The zero-order valence-electron chi connectivity index (χ0n) is 7.01. The predicted molar refractivity (Wildman–Crippen MR) is 47.4 cm³/mol. The van der Waals surface area contributed by atoms with Crippen molar-refractivity contribution in [2.24, 2.45) is 5.92 Å². The normalized spacial score (nSPS) is 40.8. The maximum absolute atomic E-state index is 3.79. The van der Waals surface area contributed by atoms with Gasteiger partial charge in [-0.3, -0.25) is 0 Å². The van der Waals surface area contributed by atoms with Gasteiger partial charge in [-0.15, -0.1) is 6.58 Å². The van der Waals surface area contributed by atoms with Crippen molar-refractivity contribution in [2.45, 2.75) is 31.8 Å². The maximum Gasteiger partial charge on any atom is 0.0413 e. The predicted octanol–water partition coefficient (Wildman–Crippen LogP) is 1.87. The van der Waals surface area contributed by atoms with Gasteiger partial charge < -0.3 is 5.32 Å². The summed E-state index contributed by atoms with van der Waals surface area (Å²) in [6, 6.07) is 1.48. The second-order valence-corrected chi connectivity index (χ2v) is 3.72. The van der Waals surface area contributed by atoms with E-state index in [4.69, 9.17) is 0 Å². The molecular formula is C10H15N. The molecule has 1 aliphatic carbocycles. The molecule has 1 heterocycles. The van der Waals surface area contributed by atoms with Gasteiger partial charge in [0.2, 0.25) is 0 Å². The smallest absolute Gasteiger partial charge is 0.0413 e. The van der Waals surface area contributed by atoms with Gasteiger partial charge in [0.15, 0.2) is 0 Å². The molecule has 0 aromatic heterocycles. The Kier molecular flexibility index (Phi) is 1.61. The summed E-state index contributed by atoms with van der Waals surface area (Å²) >= 11 is 0. The molecule has 0 amide bonds. The molecule has 11 heavy (non-hydrogen) atoms. The first-order chi connectivity index (χ1) is 5.31. The summed E-state index contributed by atoms with van der Waals surface area (Å²) in [6.45, 7) is 6.01. The van der Waals surface area contributed by atoms with Crippen LogP contribution in [0, 0.1) is 5.92 Å². The third-order valence-electron chi connectivity index (χ3n) is 2.69. The van der Waals surface area contributed by atoms with E-state index in [2.05, 4.69) is 24.9 Å². The molecule has 1 N–H and O–H groups in total. The molecule has 1 nitrogen and oxygen atoms in total. The van der Waals surface area contributed by atoms with Crippen molar-refractivity contribution < 1.29 is 0 Å². The molecule has 0 aromatic carbocycles. The van der Waals surface area contributed by atoms with Gasteiger partial charge in [-0.05, 0) is 25.7 Å². The summed E-state index contributed by atoms with van der Waals surface area (Å²) in [5.41, 5.74) is 1.54. The van der Waals surface area contributed by atoms with Crippen LogP contribution < -0.4 is 5.32 Å². The fraction of sp³-hybridized carbons (Fsp3) is 0.600. The van der Waals surface area contributed by atoms with E-state index in [1.165, 1.54) is 12.8 Å². The van der Waals surface area contributed by atoms with Gasteiger partial charge in [0.05, 0.1) is 0 Å². The van der Waals surface area contributed by atoms with Gasteiger partial charge in [-0.2, -0.15) is 0 Å². The van der Waals surface area contributed by atoms with Crippen LogP contribution in [-0.4, -0.2) is 12.1 Å². The Hall–Kier alpha value is -0.560. The Morgan fingerprint density at radius 3 is 3.36 bits per heavy atom. The summed E-state index contributed by atoms with van der Waals surface area (Å²) < 4.78 is 0. The molecule has 60 valence electrons. The van der Waals surface area contributed by atoms with E-state index in [1.807, 2.05) is 6.08 Å². The lowest BCUT2D eigenvalue weighted by Gasteiger charge is -2.17. The zero-order chi connectivity index (χ0) is 7.84. The third kappa shape index (κ3) is 1.25. The van der Waals surface area contributed by atoms with Crippen molar-refractivity contribution in [3.8, 4) is 0 Å². The molecule has 2 aliphatic rings. The van der Waals surface area contributed by atoms with Crippen molar-refractivity contribution in [1.29, 1.82) is 0 Å². The molecule has 0 spiro atoms. The van der Waals surface area contributed by atoms with Crippen molar-refractivity contribution in [2.75, 3.05) is 0 Å². The van der Waals surface area contributed by atoms with Crippen LogP contribution in [0.15, 0.2) is 24.3 Å². The first kappa shape index (κ1) is 7.11. The van der Waals surface area contributed by atoms with Crippen LogP contribution in [0.5, 0.6) is 0 Å². The number of nitrogens with one attached hydrogen (secondary N) is 1. The largest absolute Gasteiger partial charge is 0.304 e. The minimum Gasteiger partial charge on any atom is -0.304 e. The summed E-state index contributed by atoms with van der Waals surface area (Å²) in [5.74, 6) is 0.822. The molecule has 0 radical (unpaired) electrons. The minimum absolute atomic E-state index is 0.702. The SMILES string of the molecule is C=CC[C@H]1CC(C)=CC2N[C@@H]21. The van der Waals surface area contributed by atoms with Gasteiger partial charge >= 0.3 is 0 Å². The number of allylic oxidation sites excluding steroid dienone is 2. The maximum atomic E-state index is 3.79. The van der Waals surface area contributed by atoms with Crippen molar-refractivity contribution >= 4 is 0 Å². The summed E-state index contributed by atoms with van der Waals surface area (Å²) in [7, 11) is 0. The van der Waals surface area contributed by atoms with Crippen LogP contribution in [0.25, 0.3) is 0 Å². The molecule has 0 saturated carbocycles. The second-order valence-electron chi connectivity index (χ2n) is 3.72. The standard InChI is InChI=1S/C10H15N/c1-3-4-8-5-7(2)6-9-10(8)11-9/h3,6,8-11H,1,4-5H2,2H3/t8-,9?,10+/m0/s1. The molecular weight excluding hydrogens is 134 g/mol. The van der Waals surface area contributed by atoms with Gasteiger partial charge in [0.25, 0.3) is 0 Å². The first-order valence-corrected chi connectivity index (χ1v) is 4.35. The summed E-state index contributed by atoms with van der Waals surface area (Å²) in [6.07, 6.45) is 6.84. The Morgan fingerprint density at radius 2 is 2.64 bits per heavy atom. The van der Waals surface area contributed by atoms with E-state index in [-0.39, 0.29) is 0 Å². The Labute approximate surface area is 68.2 Å². The Balaban J connectivity index is 2.03. The third-order valence-corrected chi connectivity index (χ3v) is 2.69. The van der Waals surface area contributed by atoms with E-state index >= 15 is 0 Å². The highest BCUT2D eigenvalue weighted by atomic mass is 15.2. The fourth-order valence-electron chi connectivity index (χ4n) is 2.11. The van der Waals surface area contributed by atoms with Crippen molar-refractivity contribution in [3.05, 3.63) is 24.3 Å². The number of rotatable bonds is 2. The van der Waals surface area contributed by atoms with E-state index in [0.29, 0.717) is 6.04 Å². The lowest BCUT2D eigenvalue weighted by Crippen LogP contribution is -2.14. The molecule has 1 fully saturated rings. The quantitative estimate of drug-likeness (QED) is 0.470. The van der Waals surface area contributed by atoms with Crippen LogP contribution in [0.1, 0.15) is 19.8 Å². The Bertz CT molecular complexity index is 205. The molecule has 0 bridgehead atoms. The molecule has 3 atom stereocenters.